The first-order valence-electron chi connectivity index (χ1n) is 5.25. The van der Waals surface area contributed by atoms with Gasteiger partial charge in [0.05, 0.1) is 12.0 Å². The number of hydrogen-bond donors (Lipinski definition) is 1. The maximum atomic E-state index is 11.4. The van der Waals surface area contributed by atoms with E-state index in [1.54, 1.807) is 13.0 Å². The summed E-state index contributed by atoms with van der Waals surface area (Å²) in [7, 11) is 0. The van der Waals surface area contributed by atoms with Crippen molar-refractivity contribution in [2.24, 2.45) is 0 Å². The predicted molar refractivity (Wildman–Crippen MR) is 61.8 cm³/mol. The van der Waals surface area contributed by atoms with Crippen LogP contribution in [0.5, 0.6) is 5.75 Å². The number of esters is 1. The van der Waals surface area contributed by atoms with E-state index in [4.69, 9.17) is 9.84 Å². The van der Waals surface area contributed by atoms with E-state index in [2.05, 4.69) is 0 Å². The Balaban J connectivity index is 2.70. The third-order valence-corrected chi connectivity index (χ3v) is 2.63. The first-order chi connectivity index (χ1) is 7.99. The highest BCUT2D eigenvalue weighted by atomic mass is 16.5. The molecule has 0 saturated heterocycles. The van der Waals surface area contributed by atoms with Gasteiger partial charge in [-0.3, -0.25) is 4.79 Å². The highest BCUT2D eigenvalue weighted by Crippen LogP contribution is 2.33. The third kappa shape index (κ3) is 2.06. The largest absolute Gasteiger partial charge is 0.478 e. The molecule has 1 heterocycles. The number of aliphatic carboxylic acids is 1. The minimum Gasteiger partial charge on any atom is -0.478 e. The lowest BCUT2D eigenvalue weighted by Gasteiger charge is -2.11. The summed E-state index contributed by atoms with van der Waals surface area (Å²) in [5.41, 5.74) is 2.30. The van der Waals surface area contributed by atoms with E-state index in [0.717, 1.165) is 11.1 Å². The van der Waals surface area contributed by atoms with Crippen LogP contribution in [0.25, 0.3) is 5.57 Å². The molecule has 1 N–H and O–H groups in total. The Kier molecular flexibility index (Phi) is 2.71. The molecule has 0 aliphatic carbocycles. The maximum absolute atomic E-state index is 11.4. The normalized spacial score (nSPS) is 14.5. The molecule has 0 spiro atoms. The molecule has 1 aromatic rings. The smallest absolute Gasteiger partial charge is 0.336 e. The van der Waals surface area contributed by atoms with Gasteiger partial charge >= 0.3 is 11.9 Å². The molecule has 4 nitrogen and oxygen atoms in total. The number of fused-ring (bicyclic) bond motifs is 1. The van der Waals surface area contributed by atoms with Gasteiger partial charge in [0.2, 0.25) is 0 Å². The van der Waals surface area contributed by atoms with Crippen LogP contribution in [0.1, 0.15) is 23.1 Å². The zero-order valence-electron chi connectivity index (χ0n) is 9.61. The first kappa shape index (κ1) is 11.4. The summed E-state index contributed by atoms with van der Waals surface area (Å²) >= 11 is 0. The maximum Gasteiger partial charge on any atom is 0.336 e. The molecule has 0 amide bonds. The van der Waals surface area contributed by atoms with Crippen molar-refractivity contribution in [3.8, 4) is 5.75 Å². The van der Waals surface area contributed by atoms with Gasteiger partial charge in [-0.1, -0.05) is 12.1 Å². The SMILES string of the molecule is Cc1cc(C)c2c(c1)C(C(=O)O)=CCC(=O)O2. The summed E-state index contributed by atoms with van der Waals surface area (Å²) in [5, 5.41) is 9.14. The summed E-state index contributed by atoms with van der Waals surface area (Å²) in [4.78, 5) is 22.6. The molecule has 1 aromatic carbocycles. The van der Waals surface area contributed by atoms with Crippen LogP contribution in [0.2, 0.25) is 0 Å². The van der Waals surface area contributed by atoms with Gasteiger partial charge in [0, 0.05) is 5.56 Å². The molecule has 17 heavy (non-hydrogen) atoms. The number of carbonyl (C=O) groups excluding carboxylic acids is 1. The van der Waals surface area contributed by atoms with Gasteiger partial charge in [-0.15, -0.1) is 0 Å². The van der Waals surface area contributed by atoms with Gasteiger partial charge < -0.3 is 9.84 Å². The zero-order chi connectivity index (χ0) is 12.6. The molecule has 0 atom stereocenters. The minimum absolute atomic E-state index is 0.0190. The highest BCUT2D eigenvalue weighted by Gasteiger charge is 2.23. The van der Waals surface area contributed by atoms with Crippen molar-refractivity contribution in [2.75, 3.05) is 0 Å². The lowest BCUT2D eigenvalue weighted by Crippen LogP contribution is -2.07. The second kappa shape index (κ2) is 4.05. The Bertz CT molecular complexity index is 541. The summed E-state index contributed by atoms with van der Waals surface area (Å²) in [6.07, 6.45) is 1.38. The molecule has 2 rings (SSSR count). The molecule has 1 aliphatic heterocycles. The fourth-order valence-corrected chi connectivity index (χ4v) is 1.94. The van der Waals surface area contributed by atoms with Crippen LogP contribution in [0, 0.1) is 13.8 Å². The molecule has 0 radical (unpaired) electrons. The quantitative estimate of drug-likeness (QED) is 0.594. The van der Waals surface area contributed by atoms with Gasteiger partial charge in [-0.2, -0.15) is 0 Å². The number of hydrogen-bond acceptors (Lipinski definition) is 3. The fourth-order valence-electron chi connectivity index (χ4n) is 1.94. The predicted octanol–water partition coefficient (Wildman–Crippen LogP) is 2.08. The summed E-state index contributed by atoms with van der Waals surface area (Å²) in [5.74, 6) is -1.13. The first-order valence-corrected chi connectivity index (χ1v) is 5.25. The molecule has 0 fully saturated rings. The van der Waals surface area contributed by atoms with Gasteiger partial charge in [0.1, 0.15) is 5.75 Å². The number of rotatable bonds is 1. The van der Waals surface area contributed by atoms with Crippen molar-refractivity contribution in [3.05, 3.63) is 34.9 Å². The number of carbonyl (C=O) groups is 2. The number of carboxylic acids is 1. The van der Waals surface area contributed by atoms with Crippen LogP contribution in [0.15, 0.2) is 18.2 Å². The second-order valence-electron chi connectivity index (χ2n) is 4.06. The van der Waals surface area contributed by atoms with Crippen molar-refractivity contribution >= 4 is 17.5 Å². The van der Waals surface area contributed by atoms with Gasteiger partial charge in [-0.05, 0) is 31.0 Å². The molecule has 0 bridgehead atoms. The van der Waals surface area contributed by atoms with Gasteiger partial charge in [0.25, 0.3) is 0 Å². The standard InChI is InChI=1S/C13H12O4/c1-7-5-8(2)12-10(6-7)9(13(15)16)3-4-11(14)17-12/h3,5-6H,4H2,1-2H3,(H,15,16). The molecular weight excluding hydrogens is 220 g/mol. The van der Waals surface area contributed by atoms with E-state index in [-0.39, 0.29) is 12.0 Å². The molecule has 1 aliphatic rings. The van der Waals surface area contributed by atoms with Crippen LogP contribution in [-0.4, -0.2) is 17.0 Å². The monoisotopic (exact) mass is 232 g/mol. The van der Waals surface area contributed by atoms with Crippen molar-refractivity contribution in [2.45, 2.75) is 20.3 Å². The Hall–Kier alpha value is -2.10. The van der Waals surface area contributed by atoms with E-state index in [0.29, 0.717) is 11.3 Å². The minimum atomic E-state index is -1.05. The molecule has 0 aromatic heterocycles. The fraction of sp³-hybridized carbons (Fsp3) is 0.231. The van der Waals surface area contributed by atoms with Crippen LogP contribution >= 0.6 is 0 Å². The van der Waals surface area contributed by atoms with Crippen molar-refractivity contribution in [1.29, 1.82) is 0 Å². The number of ether oxygens (including phenoxy) is 1. The number of carboxylic acid groups (broad SMARTS) is 1. The van der Waals surface area contributed by atoms with Crippen LogP contribution in [0.4, 0.5) is 0 Å². The molecule has 0 saturated carbocycles. The molecule has 88 valence electrons. The highest BCUT2D eigenvalue weighted by molar-refractivity contribution is 6.17. The van der Waals surface area contributed by atoms with Gasteiger partial charge in [0.15, 0.2) is 0 Å². The zero-order valence-corrected chi connectivity index (χ0v) is 9.61. The summed E-state index contributed by atoms with van der Waals surface area (Å²) in [6, 6.07) is 3.58. The third-order valence-electron chi connectivity index (χ3n) is 2.63. The Morgan fingerprint density at radius 3 is 2.71 bits per heavy atom. The summed E-state index contributed by atoms with van der Waals surface area (Å²) in [6.45, 7) is 3.67. The Labute approximate surface area is 98.5 Å². The van der Waals surface area contributed by atoms with E-state index in [1.807, 2.05) is 13.0 Å². The Morgan fingerprint density at radius 2 is 2.06 bits per heavy atom. The van der Waals surface area contributed by atoms with Crippen molar-refractivity contribution in [1.82, 2.24) is 0 Å². The van der Waals surface area contributed by atoms with E-state index in [1.165, 1.54) is 6.08 Å². The number of benzene rings is 1. The lowest BCUT2D eigenvalue weighted by molar-refractivity contribution is -0.133. The van der Waals surface area contributed by atoms with Crippen LogP contribution < -0.4 is 4.74 Å². The Morgan fingerprint density at radius 1 is 1.35 bits per heavy atom. The number of aryl methyl sites for hydroxylation is 2. The van der Waals surface area contributed by atoms with Crippen LogP contribution in [-0.2, 0) is 9.59 Å². The lowest BCUT2D eigenvalue weighted by atomic mass is 9.99. The van der Waals surface area contributed by atoms with E-state index < -0.39 is 11.9 Å². The second-order valence-corrected chi connectivity index (χ2v) is 4.06. The topological polar surface area (TPSA) is 63.6 Å². The molecule has 4 heteroatoms. The van der Waals surface area contributed by atoms with E-state index in [9.17, 15) is 9.59 Å². The van der Waals surface area contributed by atoms with Crippen molar-refractivity contribution < 1.29 is 19.4 Å². The molecule has 0 unspecified atom stereocenters. The van der Waals surface area contributed by atoms with Crippen LogP contribution in [0.3, 0.4) is 0 Å². The van der Waals surface area contributed by atoms with E-state index >= 15 is 0 Å². The van der Waals surface area contributed by atoms with Gasteiger partial charge in [-0.25, -0.2) is 4.79 Å². The van der Waals surface area contributed by atoms with Crippen molar-refractivity contribution in [3.63, 3.8) is 0 Å². The summed E-state index contributed by atoms with van der Waals surface area (Å²) < 4.78 is 5.17. The average molecular weight is 232 g/mol. The molecular formula is C13H12O4. The average Bonchev–Trinajstić information content (AvgIpc) is 2.37.